The molecule has 0 aromatic heterocycles. The SMILES string of the molecule is COc1ccc(N2CCCN2C(=O)CNC(=O)NCc2ccc(N)cc2)c(Br)c1. The number of anilines is 2. The monoisotopic (exact) mass is 461 g/mol. The number of nitrogens with two attached hydrogens (primary N) is 1. The molecule has 4 N–H and O–H groups in total. The minimum Gasteiger partial charge on any atom is -0.497 e. The van der Waals surface area contributed by atoms with Gasteiger partial charge in [-0.3, -0.25) is 14.8 Å². The number of benzene rings is 2. The maximum atomic E-state index is 12.7. The average molecular weight is 462 g/mol. The van der Waals surface area contributed by atoms with Crippen LogP contribution in [0.5, 0.6) is 5.75 Å². The maximum absolute atomic E-state index is 12.7. The molecule has 3 amide bonds. The Labute approximate surface area is 178 Å². The first-order chi connectivity index (χ1) is 14.0. The zero-order chi connectivity index (χ0) is 20.8. The normalized spacial score (nSPS) is 13.3. The number of carbonyl (C=O) groups is 2. The van der Waals surface area contributed by atoms with Gasteiger partial charge < -0.3 is 21.1 Å². The van der Waals surface area contributed by atoms with E-state index in [1.165, 1.54) is 0 Å². The lowest BCUT2D eigenvalue weighted by molar-refractivity contribution is -0.129. The number of hydrogen-bond donors (Lipinski definition) is 3. The number of amides is 3. The van der Waals surface area contributed by atoms with Crippen molar-refractivity contribution in [3.05, 3.63) is 52.5 Å². The van der Waals surface area contributed by atoms with E-state index in [1.54, 1.807) is 24.3 Å². The molecule has 1 aliphatic heterocycles. The van der Waals surface area contributed by atoms with Crippen molar-refractivity contribution in [3.8, 4) is 5.75 Å². The van der Waals surface area contributed by atoms with E-state index in [0.29, 0.717) is 18.8 Å². The molecule has 9 heteroatoms. The summed E-state index contributed by atoms with van der Waals surface area (Å²) in [6.07, 6.45) is 0.855. The standard InChI is InChI=1S/C20H24BrN5O3/c1-29-16-7-8-18(17(21)11-16)25-9-2-10-26(25)19(27)13-24-20(28)23-12-14-3-5-15(22)6-4-14/h3-8,11H,2,9-10,12-13,22H2,1H3,(H2,23,24,28). The molecule has 0 saturated carbocycles. The molecular formula is C20H24BrN5O3. The molecule has 3 rings (SSSR count). The number of halogens is 1. The summed E-state index contributed by atoms with van der Waals surface area (Å²) >= 11 is 3.54. The van der Waals surface area contributed by atoms with Gasteiger partial charge in [-0.2, -0.15) is 0 Å². The second kappa shape index (κ2) is 9.51. The Morgan fingerprint density at radius 3 is 2.59 bits per heavy atom. The fraction of sp³-hybridized carbons (Fsp3) is 0.300. The molecule has 0 unspecified atom stereocenters. The molecule has 0 bridgehead atoms. The van der Waals surface area contributed by atoms with E-state index in [4.69, 9.17) is 10.5 Å². The number of ether oxygens (including phenoxy) is 1. The molecule has 1 aliphatic rings. The lowest BCUT2D eigenvalue weighted by atomic mass is 10.2. The highest BCUT2D eigenvalue weighted by molar-refractivity contribution is 9.10. The van der Waals surface area contributed by atoms with Crippen LogP contribution in [0.2, 0.25) is 0 Å². The summed E-state index contributed by atoms with van der Waals surface area (Å²) in [4.78, 5) is 24.7. The summed E-state index contributed by atoms with van der Waals surface area (Å²) < 4.78 is 6.06. The molecule has 0 spiro atoms. The lowest BCUT2D eigenvalue weighted by Gasteiger charge is -2.30. The molecule has 0 aliphatic carbocycles. The van der Waals surface area contributed by atoms with Crippen molar-refractivity contribution in [1.82, 2.24) is 15.6 Å². The Bertz CT molecular complexity index is 875. The van der Waals surface area contributed by atoms with Crippen LogP contribution in [0.3, 0.4) is 0 Å². The molecular weight excluding hydrogens is 438 g/mol. The van der Waals surface area contributed by atoms with Crippen LogP contribution < -0.4 is 26.1 Å². The zero-order valence-electron chi connectivity index (χ0n) is 16.2. The van der Waals surface area contributed by atoms with Crippen molar-refractivity contribution in [2.45, 2.75) is 13.0 Å². The van der Waals surface area contributed by atoms with Crippen molar-refractivity contribution in [2.75, 3.05) is 37.5 Å². The van der Waals surface area contributed by atoms with Crippen molar-refractivity contribution < 1.29 is 14.3 Å². The topological polar surface area (TPSA) is 99.9 Å². The van der Waals surface area contributed by atoms with Crippen LogP contribution in [0.4, 0.5) is 16.2 Å². The highest BCUT2D eigenvalue weighted by Crippen LogP contribution is 2.33. The van der Waals surface area contributed by atoms with E-state index < -0.39 is 6.03 Å². The summed E-state index contributed by atoms with van der Waals surface area (Å²) in [6.45, 7) is 1.60. The van der Waals surface area contributed by atoms with E-state index in [1.807, 2.05) is 35.3 Å². The Morgan fingerprint density at radius 2 is 1.90 bits per heavy atom. The van der Waals surface area contributed by atoms with Crippen LogP contribution in [0, 0.1) is 0 Å². The van der Waals surface area contributed by atoms with Gasteiger partial charge in [0.05, 0.1) is 12.8 Å². The number of hydrazine groups is 1. The van der Waals surface area contributed by atoms with Gasteiger partial charge in [0, 0.05) is 29.8 Å². The van der Waals surface area contributed by atoms with Crippen LogP contribution in [0.25, 0.3) is 0 Å². The minimum atomic E-state index is -0.397. The van der Waals surface area contributed by atoms with Gasteiger partial charge in [0.2, 0.25) is 0 Å². The fourth-order valence-electron chi connectivity index (χ4n) is 3.07. The third-order valence-corrected chi connectivity index (χ3v) is 5.22. The Kier molecular flexibility index (Phi) is 6.82. The quantitative estimate of drug-likeness (QED) is 0.573. The average Bonchev–Trinajstić information content (AvgIpc) is 3.21. The third kappa shape index (κ3) is 5.32. The van der Waals surface area contributed by atoms with Crippen molar-refractivity contribution in [2.24, 2.45) is 0 Å². The summed E-state index contributed by atoms with van der Waals surface area (Å²) in [7, 11) is 1.61. The van der Waals surface area contributed by atoms with E-state index in [0.717, 1.165) is 34.4 Å². The van der Waals surface area contributed by atoms with Gasteiger partial charge in [-0.1, -0.05) is 12.1 Å². The molecule has 1 fully saturated rings. The van der Waals surface area contributed by atoms with Crippen molar-refractivity contribution >= 4 is 39.2 Å². The van der Waals surface area contributed by atoms with Gasteiger partial charge in [0.1, 0.15) is 12.3 Å². The summed E-state index contributed by atoms with van der Waals surface area (Å²) in [5.41, 5.74) is 8.12. The molecule has 0 radical (unpaired) electrons. The van der Waals surface area contributed by atoms with Crippen LogP contribution in [0.1, 0.15) is 12.0 Å². The number of methoxy groups -OCH3 is 1. The molecule has 1 heterocycles. The Hall–Kier alpha value is -2.94. The van der Waals surface area contributed by atoms with E-state index >= 15 is 0 Å². The Balaban J connectivity index is 1.52. The largest absolute Gasteiger partial charge is 0.497 e. The molecule has 154 valence electrons. The minimum absolute atomic E-state index is 0.0855. The van der Waals surface area contributed by atoms with E-state index in [9.17, 15) is 9.59 Å². The van der Waals surface area contributed by atoms with Gasteiger partial charge in [-0.25, -0.2) is 4.79 Å². The summed E-state index contributed by atoms with van der Waals surface area (Å²) in [5.74, 6) is 0.560. The number of nitrogens with zero attached hydrogens (tertiary/aromatic N) is 2. The maximum Gasteiger partial charge on any atom is 0.315 e. The number of nitrogens with one attached hydrogen (secondary N) is 2. The van der Waals surface area contributed by atoms with Crippen molar-refractivity contribution in [3.63, 3.8) is 0 Å². The summed E-state index contributed by atoms with van der Waals surface area (Å²) in [6, 6.07) is 12.5. The Morgan fingerprint density at radius 1 is 1.14 bits per heavy atom. The summed E-state index contributed by atoms with van der Waals surface area (Å²) in [5, 5.41) is 8.93. The molecule has 29 heavy (non-hydrogen) atoms. The van der Waals surface area contributed by atoms with Crippen molar-refractivity contribution in [1.29, 1.82) is 0 Å². The van der Waals surface area contributed by atoms with Crippen LogP contribution in [0.15, 0.2) is 46.9 Å². The van der Waals surface area contributed by atoms with Crippen LogP contribution in [-0.4, -0.2) is 43.7 Å². The van der Waals surface area contributed by atoms with Gasteiger partial charge in [-0.05, 0) is 58.2 Å². The first kappa shape index (κ1) is 20.8. The molecule has 1 saturated heterocycles. The number of nitrogen functional groups attached to an aromatic ring is 1. The van der Waals surface area contributed by atoms with Gasteiger partial charge >= 0.3 is 6.03 Å². The number of hydrogen-bond acceptors (Lipinski definition) is 5. The third-order valence-electron chi connectivity index (χ3n) is 4.59. The first-order valence-corrected chi connectivity index (χ1v) is 10.0. The second-order valence-corrected chi connectivity index (χ2v) is 7.44. The van der Waals surface area contributed by atoms with Gasteiger partial charge in [0.25, 0.3) is 5.91 Å². The number of urea groups is 1. The number of rotatable bonds is 6. The predicted octanol–water partition coefficient (Wildman–Crippen LogP) is 2.49. The molecule has 2 aromatic carbocycles. The van der Waals surface area contributed by atoms with Crippen LogP contribution in [-0.2, 0) is 11.3 Å². The van der Waals surface area contributed by atoms with Gasteiger partial charge in [-0.15, -0.1) is 0 Å². The smallest absolute Gasteiger partial charge is 0.315 e. The first-order valence-electron chi connectivity index (χ1n) is 9.25. The predicted molar refractivity (Wildman–Crippen MR) is 115 cm³/mol. The van der Waals surface area contributed by atoms with E-state index in [-0.39, 0.29) is 12.5 Å². The second-order valence-electron chi connectivity index (χ2n) is 6.59. The number of carbonyl (C=O) groups excluding carboxylic acids is 2. The van der Waals surface area contributed by atoms with Crippen LogP contribution >= 0.6 is 15.9 Å². The highest BCUT2D eigenvalue weighted by atomic mass is 79.9. The lowest BCUT2D eigenvalue weighted by Crippen LogP contribution is -2.48. The molecule has 2 aromatic rings. The molecule has 0 atom stereocenters. The van der Waals surface area contributed by atoms with E-state index in [2.05, 4.69) is 26.6 Å². The van der Waals surface area contributed by atoms with Gasteiger partial charge in [0.15, 0.2) is 0 Å². The highest BCUT2D eigenvalue weighted by Gasteiger charge is 2.28. The molecule has 8 nitrogen and oxygen atoms in total. The zero-order valence-corrected chi connectivity index (χ0v) is 17.7. The fourth-order valence-corrected chi connectivity index (χ4v) is 3.64.